The van der Waals surface area contributed by atoms with Crippen molar-refractivity contribution in [1.29, 1.82) is 0 Å². The van der Waals surface area contributed by atoms with Crippen molar-refractivity contribution in [1.82, 2.24) is 9.88 Å². The molecule has 5 nitrogen and oxygen atoms in total. The fourth-order valence-corrected chi connectivity index (χ4v) is 5.38. The molecule has 1 amide bonds. The number of aromatic nitrogens is 1. The molecule has 6 rings (SSSR count). The Morgan fingerprint density at radius 3 is 2.43 bits per heavy atom. The molecule has 1 aliphatic rings. The Labute approximate surface area is 252 Å². The molecule has 44 heavy (non-hydrogen) atoms. The monoisotopic (exact) mass is 594 g/mol. The number of aryl methyl sites for hydroxylation is 1. The molecule has 0 spiro atoms. The zero-order valence-corrected chi connectivity index (χ0v) is 23.8. The van der Waals surface area contributed by atoms with Gasteiger partial charge in [0, 0.05) is 67.7 Å². The van der Waals surface area contributed by atoms with Gasteiger partial charge in [0.05, 0.1) is 0 Å². The maximum absolute atomic E-state index is 14.2. The van der Waals surface area contributed by atoms with Gasteiger partial charge in [0.2, 0.25) is 0 Å². The molecule has 1 saturated heterocycles. The summed E-state index contributed by atoms with van der Waals surface area (Å²) in [5, 5.41) is 0.796. The normalized spacial score (nSPS) is 14.8. The van der Waals surface area contributed by atoms with E-state index in [4.69, 9.17) is 4.42 Å². The molecular weight excluding hydrogens is 565 g/mol. The predicted octanol–water partition coefficient (Wildman–Crippen LogP) is 8.39. The molecule has 0 saturated carbocycles. The first-order valence-corrected chi connectivity index (χ1v) is 14.4. The van der Waals surface area contributed by atoms with Gasteiger partial charge < -0.3 is 9.32 Å². The van der Waals surface area contributed by atoms with Crippen LogP contribution in [0.5, 0.6) is 0 Å². The quantitative estimate of drug-likeness (QED) is 0.169. The van der Waals surface area contributed by atoms with Gasteiger partial charge in [-0.1, -0.05) is 30.3 Å². The van der Waals surface area contributed by atoms with Gasteiger partial charge in [-0.3, -0.25) is 14.6 Å². The average Bonchev–Trinajstić information content (AvgIpc) is 3.46. The molecule has 5 aromatic rings. The van der Waals surface area contributed by atoms with Crippen molar-refractivity contribution >= 4 is 28.7 Å². The van der Waals surface area contributed by atoms with Gasteiger partial charge in [-0.05, 0) is 82.9 Å². The highest BCUT2D eigenvalue weighted by Gasteiger charge is 2.35. The number of amides is 1. The van der Waals surface area contributed by atoms with E-state index < -0.39 is 5.92 Å². The number of alkyl halides is 2. The van der Waals surface area contributed by atoms with Crippen LogP contribution in [0.4, 0.5) is 13.2 Å². The predicted molar refractivity (Wildman–Crippen MR) is 164 cm³/mol. The summed E-state index contributed by atoms with van der Waals surface area (Å²) in [6, 6.07) is 22.7. The smallest absolute Gasteiger partial charge is 0.253 e. The number of halogens is 3. The third kappa shape index (κ3) is 6.64. The van der Waals surface area contributed by atoms with Crippen LogP contribution >= 0.6 is 0 Å². The number of ketones is 1. The van der Waals surface area contributed by atoms with E-state index in [1.165, 1.54) is 23.1 Å². The van der Waals surface area contributed by atoms with Crippen LogP contribution in [0.3, 0.4) is 0 Å². The van der Waals surface area contributed by atoms with Crippen molar-refractivity contribution < 1.29 is 27.2 Å². The largest absolute Gasteiger partial charge is 0.460 e. The summed E-state index contributed by atoms with van der Waals surface area (Å²) in [5.41, 5.74) is 4.84. The first kappa shape index (κ1) is 29.1. The molecule has 0 aliphatic carbocycles. The average molecular weight is 595 g/mol. The summed E-state index contributed by atoms with van der Waals surface area (Å²) in [5.74, 6) is -2.79. The Bertz CT molecular complexity index is 1840. The summed E-state index contributed by atoms with van der Waals surface area (Å²) in [7, 11) is 0. The van der Waals surface area contributed by atoms with E-state index in [0.29, 0.717) is 34.5 Å². The maximum atomic E-state index is 14.2. The molecule has 2 aromatic heterocycles. The number of hydrogen-bond donors (Lipinski definition) is 0. The Hall–Kier alpha value is -4.98. The number of carbonyl (C=O) groups excluding carboxylic acids is 2. The minimum absolute atomic E-state index is 0.0243. The molecule has 8 heteroatoms. The molecule has 222 valence electrons. The van der Waals surface area contributed by atoms with E-state index in [2.05, 4.69) is 4.98 Å². The highest BCUT2D eigenvalue weighted by molar-refractivity contribution is 5.98. The van der Waals surface area contributed by atoms with Gasteiger partial charge in [-0.15, -0.1) is 0 Å². The number of nitrogens with zero attached hydrogens (tertiary/aromatic N) is 2. The maximum Gasteiger partial charge on any atom is 0.253 e. The fourth-order valence-electron chi connectivity index (χ4n) is 5.38. The molecule has 1 aliphatic heterocycles. The molecule has 0 atom stereocenters. The topological polar surface area (TPSA) is 63.4 Å². The molecule has 0 bridgehead atoms. The zero-order chi connectivity index (χ0) is 30.7. The lowest BCUT2D eigenvalue weighted by atomic mass is 9.96. The lowest BCUT2D eigenvalue weighted by molar-refractivity contribution is -0.114. The van der Waals surface area contributed by atoms with Crippen LogP contribution in [0.15, 0.2) is 102 Å². The Morgan fingerprint density at radius 2 is 1.70 bits per heavy atom. The van der Waals surface area contributed by atoms with Gasteiger partial charge in [-0.25, -0.2) is 13.2 Å². The second-order valence-electron chi connectivity index (χ2n) is 11.0. The van der Waals surface area contributed by atoms with Gasteiger partial charge in [0.25, 0.3) is 11.8 Å². The van der Waals surface area contributed by atoms with Crippen molar-refractivity contribution in [2.45, 2.75) is 31.6 Å². The van der Waals surface area contributed by atoms with Crippen LogP contribution in [0.25, 0.3) is 39.3 Å². The Balaban J connectivity index is 1.26. The second kappa shape index (κ2) is 12.3. The van der Waals surface area contributed by atoms with Gasteiger partial charge in [0.15, 0.2) is 5.78 Å². The van der Waals surface area contributed by atoms with E-state index in [-0.39, 0.29) is 49.9 Å². The fraction of sp³-hybridized carbons (Fsp3) is 0.194. The van der Waals surface area contributed by atoms with Crippen molar-refractivity contribution in [2.75, 3.05) is 13.1 Å². The molecule has 0 N–H and O–H groups in total. The molecular formula is C36H29F3N2O3. The number of carbonyl (C=O) groups is 2. The minimum atomic E-state index is -2.72. The lowest BCUT2D eigenvalue weighted by Crippen LogP contribution is -2.42. The van der Waals surface area contributed by atoms with Crippen molar-refractivity contribution in [3.8, 4) is 22.3 Å². The first-order valence-electron chi connectivity index (χ1n) is 14.4. The van der Waals surface area contributed by atoms with Crippen LogP contribution in [0.2, 0.25) is 0 Å². The highest BCUT2D eigenvalue weighted by atomic mass is 19.3. The van der Waals surface area contributed by atoms with E-state index in [1.54, 1.807) is 48.8 Å². The van der Waals surface area contributed by atoms with Gasteiger partial charge in [0.1, 0.15) is 17.2 Å². The number of allylic oxidation sites excluding steroid dienone is 1. The minimum Gasteiger partial charge on any atom is -0.460 e. The van der Waals surface area contributed by atoms with Crippen molar-refractivity contribution in [3.63, 3.8) is 0 Å². The van der Waals surface area contributed by atoms with Crippen LogP contribution in [0, 0.1) is 5.82 Å². The molecule has 0 unspecified atom stereocenters. The summed E-state index contributed by atoms with van der Waals surface area (Å²) in [6.07, 6.45) is 6.59. The molecule has 0 radical (unpaired) electrons. The molecule has 3 heterocycles. The summed E-state index contributed by atoms with van der Waals surface area (Å²) < 4.78 is 47.6. The van der Waals surface area contributed by atoms with Crippen molar-refractivity contribution in [2.24, 2.45) is 0 Å². The second-order valence-corrected chi connectivity index (χ2v) is 11.0. The first-order chi connectivity index (χ1) is 21.2. The summed E-state index contributed by atoms with van der Waals surface area (Å²) >= 11 is 0. The highest BCUT2D eigenvalue weighted by Crippen LogP contribution is 2.37. The molecule has 1 fully saturated rings. The molecule has 3 aromatic carbocycles. The SMILES string of the molecule is O=C(/C=C/c1cccnc1)CCc1cc2cc(-c3ccc(C(=O)N4CCC(F)(F)CC4)cc3)cc(-c3cccc(F)c3)c2o1. The van der Waals surface area contributed by atoms with Crippen LogP contribution in [-0.2, 0) is 11.2 Å². The van der Waals surface area contributed by atoms with Crippen LogP contribution in [0.1, 0.15) is 40.9 Å². The number of benzene rings is 3. The van der Waals surface area contributed by atoms with E-state index >= 15 is 0 Å². The summed E-state index contributed by atoms with van der Waals surface area (Å²) in [6.45, 7) is 0.0485. The van der Waals surface area contributed by atoms with Gasteiger partial charge in [-0.2, -0.15) is 0 Å². The third-order valence-electron chi connectivity index (χ3n) is 7.81. The van der Waals surface area contributed by atoms with Crippen LogP contribution < -0.4 is 0 Å². The Morgan fingerprint density at radius 1 is 0.909 bits per heavy atom. The number of piperidine rings is 1. The standard InChI is InChI=1S/C36H29F3N2O3/c37-30-5-1-4-27(20-30)33-22-28(25-7-9-26(10-8-25)35(43)41-17-14-36(38,39)15-18-41)19-29-21-32(44-34(29)33)13-12-31(42)11-6-24-3-2-16-40-23-24/h1-11,16,19-23H,12-15,17-18H2/b11-6+. The zero-order valence-electron chi connectivity index (χ0n) is 23.8. The van der Waals surface area contributed by atoms with Gasteiger partial charge >= 0.3 is 0 Å². The van der Waals surface area contributed by atoms with E-state index in [9.17, 15) is 22.8 Å². The van der Waals surface area contributed by atoms with Crippen LogP contribution in [-0.4, -0.2) is 40.6 Å². The van der Waals surface area contributed by atoms with E-state index in [0.717, 1.165) is 22.1 Å². The third-order valence-corrected chi connectivity index (χ3v) is 7.81. The number of rotatable bonds is 8. The number of fused-ring (bicyclic) bond motifs is 1. The Kier molecular flexibility index (Phi) is 8.15. The van der Waals surface area contributed by atoms with Crippen molar-refractivity contribution in [3.05, 3.63) is 120 Å². The number of pyridine rings is 1. The number of hydrogen-bond acceptors (Lipinski definition) is 4. The lowest BCUT2D eigenvalue weighted by Gasteiger charge is -2.31. The summed E-state index contributed by atoms with van der Waals surface area (Å²) in [4.78, 5) is 31.0. The number of furan rings is 1. The number of likely N-dealkylation sites (tertiary alicyclic amines) is 1. The van der Waals surface area contributed by atoms with E-state index in [1.807, 2.05) is 36.4 Å².